The fourth-order valence-electron chi connectivity index (χ4n) is 2.09. The molecular formula is C12H18N2O. The van der Waals surface area contributed by atoms with E-state index in [4.69, 9.17) is 5.73 Å². The summed E-state index contributed by atoms with van der Waals surface area (Å²) in [5.41, 5.74) is 7.69. The van der Waals surface area contributed by atoms with Gasteiger partial charge >= 0.3 is 0 Å². The Labute approximate surface area is 90.5 Å². The summed E-state index contributed by atoms with van der Waals surface area (Å²) in [7, 11) is 0. The van der Waals surface area contributed by atoms with Gasteiger partial charge in [0.2, 0.25) is 0 Å². The van der Waals surface area contributed by atoms with Crippen LogP contribution in [0.2, 0.25) is 0 Å². The molecule has 1 aromatic rings. The van der Waals surface area contributed by atoms with Crippen LogP contribution >= 0.6 is 0 Å². The molecule has 2 rings (SSSR count). The van der Waals surface area contributed by atoms with E-state index in [2.05, 4.69) is 4.90 Å². The summed E-state index contributed by atoms with van der Waals surface area (Å²) >= 11 is 0. The highest BCUT2D eigenvalue weighted by atomic mass is 16.3. The standard InChI is InChI=1S/C12H18N2O/c13-12-4-3-11(15)9-10(12)5-8-14-6-1-2-7-14/h3-4,9,15H,1-2,5-8,13H2. The number of phenols is 1. The van der Waals surface area contributed by atoms with Gasteiger partial charge in [-0.25, -0.2) is 0 Å². The highest BCUT2D eigenvalue weighted by Gasteiger charge is 2.11. The van der Waals surface area contributed by atoms with Crippen molar-refractivity contribution < 1.29 is 5.11 Å². The third-order valence-electron chi connectivity index (χ3n) is 3.02. The molecule has 0 radical (unpaired) electrons. The maximum Gasteiger partial charge on any atom is 0.116 e. The number of benzene rings is 1. The molecule has 3 nitrogen and oxygen atoms in total. The Morgan fingerprint density at radius 2 is 2.00 bits per heavy atom. The Balaban J connectivity index is 1.94. The molecule has 1 heterocycles. The molecule has 1 aromatic carbocycles. The second kappa shape index (κ2) is 4.53. The van der Waals surface area contributed by atoms with Crippen molar-refractivity contribution in [2.45, 2.75) is 19.3 Å². The summed E-state index contributed by atoms with van der Waals surface area (Å²) in [6.07, 6.45) is 3.56. The van der Waals surface area contributed by atoms with Crippen LogP contribution in [0.5, 0.6) is 5.75 Å². The molecule has 15 heavy (non-hydrogen) atoms. The highest BCUT2D eigenvalue weighted by Crippen LogP contribution is 2.19. The second-order valence-corrected chi connectivity index (χ2v) is 4.18. The third-order valence-corrected chi connectivity index (χ3v) is 3.02. The van der Waals surface area contributed by atoms with Crippen molar-refractivity contribution in [3.63, 3.8) is 0 Å². The first-order valence-electron chi connectivity index (χ1n) is 5.55. The molecule has 3 N–H and O–H groups in total. The van der Waals surface area contributed by atoms with E-state index in [1.807, 2.05) is 0 Å². The molecule has 1 fully saturated rings. The maximum absolute atomic E-state index is 9.36. The van der Waals surface area contributed by atoms with Gasteiger partial charge in [0, 0.05) is 12.2 Å². The Bertz CT molecular complexity index is 332. The number of anilines is 1. The number of nitrogens with two attached hydrogens (primary N) is 1. The Morgan fingerprint density at radius 3 is 2.73 bits per heavy atom. The average molecular weight is 206 g/mol. The van der Waals surface area contributed by atoms with Gasteiger partial charge in [-0.15, -0.1) is 0 Å². The lowest BCUT2D eigenvalue weighted by atomic mass is 10.1. The van der Waals surface area contributed by atoms with Crippen LogP contribution in [-0.2, 0) is 6.42 Å². The number of hydrogen-bond acceptors (Lipinski definition) is 3. The van der Waals surface area contributed by atoms with E-state index in [0.717, 1.165) is 24.2 Å². The van der Waals surface area contributed by atoms with E-state index in [9.17, 15) is 5.11 Å². The predicted molar refractivity (Wildman–Crippen MR) is 61.9 cm³/mol. The summed E-state index contributed by atoms with van der Waals surface area (Å²) < 4.78 is 0. The zero-order chi connectivity index (χ0) is 10.7. The lowest BCUT2D eigenvalue weighted by Crippen LogP contribution is -2.22. The molecular weight excluding hydrogens is 188 g/mol. The molecule has 0 amide bonds. The number of aromatic hydroxyl groups is 1. The van der Waals surface area contributed by atoms with Crippen molar-refractivity contribution in [2.24, 2.45) is 0 Å². The van der Waals surface area contributed by atoms with Gasteiger partial charge in [0.1, 0.15) is 5.75 Å². The molecule has 0 spiro atoms. The van der Waals surface area contributed by atoms with Crippen LogP contribution in [0.15, 0.2) is 18.2 Å². The molecule has 0 saturated carbocycles. The average Bonchev–Trinajstić information content (AvgIpc) is 2.72. The van der Waals surface area contributed by atoms with E-state index in [-0.39, 0.29) is 0 Å². The highest BCUT2D eigenvalue weighted by molar-refractivity contribution is 5.50. The van der Waals surface area contributed by atoms with Gasteiger partial charge in [-0.2, -0.15) is 0 Å². The van der Waals surface area contributed by atoms with Crippen LogP contribution in [0.25, 0.3) is 0 Å². The number of phenolic OH excluding ortho intramolecular Hbond substituents is 1. The maximum atomic E-state index is 9.36. The fraction of sp³-hybridized carbons (Fsp3) is 0.500. The van der Waals surface area contributed by atoms with Crippen LogP contribution in [0.1, 0.15) is 18.4 Å². The van der Waals surface area contributed by atoms with Crippen LogP contribution in [0, 0.1) is 0 Å². The minimum Gasteiger partial charge on any atom is -0.508 e. The summed E-state index contributed by atoms with van der Waals surface area (Å²) in [4.78, 5) is 2.45. The number of likely N-dealkylation sites (tertiary alicyclic amines) is 1. The molecule has 0 unspecified atom stereocenters. The number of nitrogen functional groups attached to an aromatic ring is 1. The topological polar surface area (TPSA) is 49.5 Å². The zero-order valence-electron chi connectivity index (χ0n) is 8.95. The lowest BCUT2D eigenvalue weighted by molar-refractivity contribution is 0.343. The van der Waals surface area contributed by atoms with Gasteiger partial charge in [0.15, 0.2) is 0 Å². The molecule has 1 aliphatic heterocycles. The second-order valence-electron chi connectivity index (χ2n) is 4.18. The van der Waals surface area contributed by atoms with Gasteiger partial charge in [0.25, 0.3) is 0 Å². The normalized spacial score (nSPS) is 17.1. The molecule has 0 aromatic heterocycles. The van der Waals surface area contributed by atoms with Crippen LogP contribution in [0.4, 0.5) is 5.69 Å². The first-order valence-corrected chi connectivity index (χ1v) is 5.55. The van der Waals surface area contributed by atoms with Gasteiger partial charge in [0.05, 0.1) is 0 Å². The van der Waals surface area contributed by atoms with Crippen molar-refractivity contribution in [2.75, 3.05) is 25.4 Å². The summed E-state index contributed by atoms with van der Waals surface area (Å²) in [6, 6.07) is 5.18. The SMILES string of the molecule is Nc1ccc(O)cc1CCN1CCCC1. The Kier molecular flexibility index (Phi) is 3.11. The monoisotopic (exact) mass is 206 g/mol. The molecule has 3 heteroatoms. The van der Waals surface area contributed by atoms with Crippen molar-refractivity contribution in [1.82, 2.24) is 4.90 Å². The van der Waals surface area contributed by atoms with E-state index < -0.39 is 0 Å². The largest absolute Gasteiger partial charge is 0.508 e. The van der Waals surface area contributed by atoms with E-state index in [0.29, 0.717) is 5.75 Å². The lowest BCUT2D eigenvalue weighted by Gasteiger charge is -2.15. The molecule has 1 saturated heterocycles. The molecule has 82 valence electrons. The van der Waals surface area contributed by atoms with Crippen molar-refractivity contribution >= 4 is 5.69 Å². The Hall–Kier alpha value is -1.22. The van der Waals surface area contributed by atoms with E-state index >= 15 is 0 Å². The van der Waals surface area contributed by atoms with Crippen molar-refractivity contribution in [1.29, 1.82) is 0 Å². The summed E-state index contributed by atoms with van der Waals surface area (Å²) in [5, 5.41) is 9.36. The van der Waals surface area contributed by atoms with Gasteiger partial charge < -0.3 is 15.7 Å². The molecule has 1 aliphatic rings. The zero-order valence-corrected chi connectivity index (χ0v) is 8.95. The quantitative estimate of drug-likeness (QED) is 0.583. The molecule has 0 atom stereocenters. The minimum atomic E-state index is 0.306. The van der Waals surface area contributed by atoms with E-state index in [1.54, 1.807) is 18.2 Å². The first kappa shape index (κ1) is 10.3. The first-order chi connectivity index (χ1) is 7.25. The van der Waals surface area contributed by atoms with E-state index in [1.165, 1.54) is 25.9 Å². The molecule has 0 bridgehead atoms. The van der Waals surface area contributed by atoms with Crippen molar-refractivity contribution in [3.8, 4) is 5.75 Å². The fourth-order valence-corrected chi connectivity index (χ4v) is 2.09. The van der Waals surface area contributed by atoms with Crippen LogP contribution in [0.3, 0.4) is 0 Å². The number of rotatable bonds is 3. The van der Waals surface area contributed by atoms with Gasteiger partial charge in [-0.05, 0) is 56.1 Å². The smallest absolute Gasteiger partial charge is 0.116 e. The predicted octanol–water partition coefficient (Wildman–Crippen LogP) is 1.61. The van der Waals surface area contributed by atoms with Crippen LogP contribution in [-0.4, -0.2) is 29.6 Å². The third kappa shape index (κ3) is 2.63. The van der Waals surface area contributed by atoms with Gasteiger partial charge in [-0.3, -0.25) is 0 Å². The minimum absolute atomic E-state index is 0.306. The Morgan fingerprint density at radius 1 is 1.27 bits per heavy atom. The summed E-state index contributed by atoms with van der Waals surface area (Å²) in [6.45, 7) is 3.46. The summed E-state index contributed by atoms with van der Waals surface area (Å²) in [5.74, 6) is 0.306. The van der Waals surface area contributed by atoms with Crippen LogP contribution < -0.4 is 5.73 Å². The van der Waals surface area contributed by atoms with Gasteiger partial charge in [-0.1, -0.05) is 0 Å². The molecule has 0 aliphatic carbocycles. The number of nitrogens with zero attached hydrogens (tertiary/aromatic N) is 1. The number of hydrogen-bond donors (Lipinski definition) is 2. The van der Waals surface area contributed by atoms with Crippen molar-refractivity contribution in [3.05, 3.63) is 23.8 Å².